The highest BCUT2D eigenvalue weighted by atomic mass is 16.3. The van der Waals surface area contributed by atoms with E-state index in [1.54, 1.807) is 12.4 Å². The number of fused-ring (bicyclic) bond motifs is 1. The highest BCUT2D eigenvalue weighted by molar-refractivity contribution is 5.99. The molecule has 0 saturated heterocycles. The highest BCUT2D eigenvalue weighted by Crippen LogP contribution is 2.37. The van der Waals surface area contributed by atoms with Crippen LogP contribution in [0.2, 0.25) is 0 Å². The maximum Gasteiger partial charge on any atom is 0.134 e. The van der Waals surface area contributed by atoms with Gasteiger partial charge in [0.05, 0.1) is 0 Å². The van der Waals surface area contributed by atoms with Crippen LogP contribution in [0.1, 0.15) is 26.3 Å². The van der Waals surface area contributed by atoms with Crippen LogP contribution in [0.25, 0.3) is 44.5 Å². The van der Waals surface area contributed by atoms with Gasteiger partial charge >= 0.3 is 0 Å². The molecule has 0 aliphatic carbocycles. The molecule has 0 amide bonds. The van der Waals surface area contributed by atoms with Gasteiger partial charge in [-0.15, -0.1) is 0 Å². The maximum atomic E-state index is 6.10. The van der Waals surface area contributed by atoms with E-state index in [0.717, 1.165) is 22.6 Å². The molecule has 0 bridgehead atoms. The topological polar surface area (TPSA) is 26.0 Å². The van der Waals surface area contributed by atoms with Gasteiger partial charge in [-0.25, -0.2) is 0 Å². The average molecular weight is 404 g/mol. The van der Waals surface area contributed by atoms with Crippen molar-refractivity contribution in [3.63, 3.8) is 0 Å². The molecular weight excluding hydrogens is 378 g/mol. The van der Waals surface area contributed by atoms with Crippen molar-refractivity contribution in [1.29, 1.82) is 0 Å². The first-order chi connectivity index (χ1) is 15.0. The van der Waals surface area contributed by atoms with Crippen molar-refractivity contribution in [2.24, 2.45) is 0 Å². The summed E-state index contributed by atoms with van der Waals surface area (Å²) in [6.07, 6.45) is 3.56. The molecule has 0 radical (unpaired) electrons. The van der Waals surface area contributed by atoms with Crippen LogP contribution in [-0.4, -0.2) is 4.98 Å². The van der Waals surface area contributed by atoms with Gasteiger partial charge in [0, 0.05) is 23.5 Å². The molecule has 5 rings (SSSR count). The third-order valence-corrected chi connectivity index (χ3v) is 5.78. The van der Waals surface area contributed by atoms with Crippen molar-refractivity contribution in [2.45, 2.75) is 26.2 Å². The Kier molecular flexibility index (Phi) is 4.71. The fraction of sp³-hybridized carbons (Fsp3) is 0.138. The van der Waals surface area contributed by atoms with E-state index in [1.165, 1.54) is 27.5 Å². The number of nitrogens with zero attached hydrogens (tertiary/aromatic N) is 1. The molecular formula is C29H25NO. The first-order valence-corrected chi connectivity index (χ1v) is 10.6. The number of rotatable bonds is 3. The van der Waals surface area contributed by atoms with Crippen molar-refractivity contribution >= 4 is 10.8 Å². The lowest BCUT2D eigenvalue weighted by Gasteiger charge is -2.22. The average Bonchev–Trinajstić information content (AvgIpc) is 3.29. The summed E-state index contributed by atoms with van der Waals surface area (Å²) in [7, 11) is 0. The Hall–Kier alpha value is -3.65. The van der Waals surface area contributed by atoms with E-state index < -0.39 is 0 Å². The smallest absolute Gasteiger partial charge is 0.134 e. The predicted octanol–water partition coefficient (Wildman–Crippen LogP) is 8.13. The van der Waals surface area contributed by atoms with Gasteiger partial charge < -0.3 is 4.42 Å². The summed E-state index contributed by atoms with van der Waals surface area (Å²) in [6.45, 7) is 6.81. The van der Waals surface area contributed by atoms with Gasteiger partial charge in [-0.1, -0.05) is 81.4 Å². The van der Waals surface area contributed by atoms with Crippen LogP contribution in [0, 0.1) is 0 Å². The summed E-state index contributed by atoms with van der Waals surface area (Å²) in [5.74, 6) is 1.72. The second kappa shape index (κ2) is 7.55. The Morgan fingerprint density at radius 2 is 1.16 bits per heavy atom. The quantitative estimate of drug-likeness (QED) is 0.304. The first kappa shape index (κ1) is 19.3. The van der Waals surface area contributed by atoms with Gasteiger partial charge in [0.2, 0.25) is 0 Å². The minimum Gasteiger partial charge on any atom is -0.456 e. The molecule has 3 aromatic carbocycles. The van der Waals surface area contributed by atoms with Crippen molar-refractivity contribution in [3.8, 4) is 33.8 Å². The van der Waals surface area contributed by atoms with Crippen LogP contribution in [-0.2, 0) is 5.41 Å². The van der Waals surface area contributed by atoms with Crippen molar-refractivity contribution in [3.05, 3.63) is 103 Å². The zero-order valence-electron chi connectivity index (χ0n) is 18.1. The van der Waals surface area contributed by atoms with Gasteiger partial charge in [-0.2, -0.15) is 0 Å². The van der Waals surface area contributed by atoms with E-state index in [0.29, 0.717) is 0 Å². The lowest BCUT2D eigenvalue weighted by molar-refractivity contribution is 0.596. The molecule has 0 unspecified atom stereocenters. The standard InChI is InChI=1S/C29H25NO/c1-29(2,3)26-13-12-23(24-6-4-5-7-25(24)26)20-8-10-21(11-9-20)27-14-15-28(31-27)22-16-18-30-19-17-22/h4-19H,1-3H3. The molecule has 0 N–H and O–H groups in total. The largest absolute Gasteiger partial charge is 0.456 e. The van der Waals surface area contributed by atoms with E-state index in [2.05, 4.69) is 86.4 Å². The van der Waals surface area contributed by atoms with Crippen LogP contribution >= 0.6 is 0 Å². The molecule has 0 aliphatic heterocycles. The summed E-state index contributed by atoms with van der Waals surface area (Å²) in [5.41, 5.74) is 6.05. The molecule has 0 saturated carbocycles. The Balaban J connectivity index is 1.52. The van der Waals surface area contributed by atoms with Crippen LogP contribution in [0.15, 0.2) is 102 Å². The van der Waals surface area contributed by atoms with Crippen LogP contribution in [0.3, 0.4) is 0 Å². The highest BCUT2D eigenvalue weighted by Gasteiger charge is 2.18. The van der Waals surface area contributed by atoms with Crippen LogP contribution in [0.4, 0.5) is 0 Å². The molecule has 152 valence electrons. The number of pyridine rings is 1. The van der Waals surface area contributed by atoms with E-state index in [9.17, 15) is 0 Å². The molecule has 31 heavy (non-hydrogen) atoms. The summed E-state index contributed by atoms with van der Waals surface area (Å²) in [5, 5.41) is 2.62. The molecule has 0 atom stereocenters. The van der Waals surface area contributed by atoms with Gasteiger partial charge in [0.1, 0.15) is 11.5 Å². The number of hydrogen-bond acceptors (Lipinski definition) is 2. The predicted molar refractivity (Wildman–Crippen MR) is 129 cm³/mol. The van der Waals surface area contributed by atoms with E-state index in [-0.39, 0.29) is 5.41 Å². The Labute approximate surface area is 183 Å². The SMILES string of the molecule is CC(C)(C)c1ccc(-c2ccc(-c3ccc(-c4ccncc4)o3)cc2)c2ccccc12. The van der Waals surface area contributed by atoms with Crippen molar-refractivity contribution in [1.82, 2.24) is 4.98 Å². The molecule has 0 aliphatic rings. The minimum absolute atomic E-state index is 0.105. The maximum absolute atomic E-state index is 6.10. The van der Waals surface area contributed by atoms with Gasteiger partial charge in [0.25, 0.3) is 0 Å². The molecule has 2 heterocycles. The fourth-order valence-electron chi connectivity index (χ4n) is 4.18. The first-order valence-electron chi connectivity index (χ1n) is 10.6. The zero-order chi connectivity index (χ0) is 21.4. The van der Waals surface area contributed by atoms with Crippen LogP contribution in [0.5, 0.6) is 0 Å². The van der Waals surface area contributed by atoms with Gasteiger partial charge in [-0.05, 0) is 57.1 Å². The number of furan rings is 1. The molecule has 5 aromatic rings. The Morgan fingerprint density at radius 1 is 0.581 bits per heavy atom. The molecule has 2 aromatic heterocycles. The second-order valence-electron chi connectivity index (χ2n) is 8.93. The summed E-state index contributed by atoms with van der Waals surface area (Å²) >= 11 is 0. The van der Waals surface area contributed by atoms with E-state index >= 15 is 0 Å². The Bertz CT molecular complexity index is 1340. The lowest BCUT2D eigenvalue weighted by Crippen LogP contribution is -2.11. The third kappa shape index (κ3) is 3.66. The lowest BCUT2D eigenvalue weighted by atomic mass is 9.82. The fourth-order valence-corrected chi connectivity index (χ4v) is 4.18. The summed E-state index contributed by atoms with van der Waals surface area (Å²) < 4.78 is 6.10. The number of aromatic nitrogens is 1. The van der Waals surface area contributed by atoms with E-state index in [1.807, 2.05) is 24.3 Å². The normalized spacial score (nSPS) is 11.7. The van der Waals surface area contributed by atoms with Crippen LogP contribution < -0.4 is 0 Å². The molecule has 2 nitrogen and oxygen atoms in total. The molecule has 0 spiro atoms. The monoisotopic (exact) mass is 403 g/mol. The van der Waals surface area contributed by atoms with Crippen molar-refractivity contribution in [2.75, 3.05) is 0 Å². The minimum atomic E-state index is 0.105. The second-order valence-corrected chi connectivity index (χ2v) is 8.93. The summed E-state index contributed by atoms with van der Waals surface area (Å²) in [6, 6.07) is 29.8. The molecule has 2 heteroatoms. The van der Waals surface area contributed by atoms with E-state index in [4.69, 9.17) is 4.42 Å². The number of benzene rings is 3. The zero-order valence-corrected chi connectivity index (χ0v) is 18.1. The van der Waals surface area contributed by atoms with Crippen molar-refractivity contribution < 1.29 is 4.42 Å². The number of hydrogen-bond donors (Lipinski definition) is 0. The molecule has 0 fully saturated rings. The third-order valence-electron chi connectivity index (χ3n) is 5.78. The Morgan fingerprint density at radius 3 is 1.81 bits per heavy atom. The van der Waals surface area contributed by atoms with Gasteiger partial charge in [-0.3, -0.25) is 4.98 Å². The van der Waals surface area contributed by atoms with Gasteiger partial charge in [0.15, 0.2) is 0 Å². The summed E-state index contributed by atoms with van der Waals surface area (Å²) in [4.78, 5) is 4.07.